The zero-order chi connectivity index (χ0) is 48.2. The number of fused-ring (bicyclic) bond motifs is 2. The summed E-state index contributed by atoms with van der Waals surface area (Å²) in [4.78, 5) is 33.2. The molecule has 1 amide bonds. The molecule has 0 spiro atoms. The fourth-order valence-electron chi connectivity index (χ4n) is 9.23. The van der Waals surface area contributed by atoms with Gasteiger partial charge < -0.3 is 19.6 Å². The van der Waals surface area contributed by atoms with Crippen LogP contribution in [0.3, 0.4) is 0 Å². The molecule has 0 aliphatic heterocycles. The number of rotatable bonds is 11. The first kappa shape index (κ1) is 48.1. The smallest absolute Gasteiger partial charge is 0.337 e. The Bertz CT molecular complexity index is 3030. The number of carboxylic acids is 1. The van der Waals surface area contributed by atoms with Gasteiger partial charge in [0.1, 0.15) is 24.0 Å². The highest BCUT2D eigenvalue weighted by atomic mass is 32.2. The molecule has 6 aromatic rings. The minimum atomic E-state index is -3.95. The lowest BCUT2D eigenvalue weighted by Gasteiger charge is -2.27. The zero-order valence-electron chi connectivity index (χ0n) is 39.0. The van der Waals surface area contributed by atoms with Crippen LogP contribution in [-0.2, 0) is 44.0 Å². The Hall–Kier alpha value is -5.36. The van der Waals surface area contributed by atoms with Crippen LogP contribution in [0.4, 0.5) is 8.78 Å². The predicted octanol–water partition coefficient (Wildman–Crippen LogP) is 9.39. The van der Waals surface area contributed by atoms with Gasteiger partial charge in [-0.1, -0.05) is 41.5 Å². The number of hydrogen-bond acceptors (Lipinski definition) is 8. The second kappa shape index (κ2) is 18.3. The van der Waals surface area contributed by atoms with Crippen molar-refractivity contribution in [3.05, 3.63) is 96.1 Å². The van der Waals surface area contributed by atoms with E-state index in [1.54, 1.807) is 18.2 Å². The Kier molecular flexibility index (Phi) is 13.1. The van der Waals surface area contributed by atoms with Gasteiger partial charge in [-0.3, -0.25) is 4.79 Å². The molecule has 0 radical (unpaired) electrons. The van der Waals surface area contributed by atoms with E-state index in [9.17, 15) is 35.2 Å². The Labute approximate surface area is 390 Å². The van der Waals surface area contributed by atoms with E-state index in [0.29, 0.717) is 54.1 Å². The first-order valence-corrected chi connectivity index (χ1v) is 26.1. The van der Waals surface area contributed by atoms with Crippen molar-refractivity contribution >= 4 is 54.0 Å². The van der Waals surface area contributed by atoms with E-state index in [2.05, 4.69) is 56.0 Å². The van der Waals surface area contributed by atoms with Crippen molar-refractivity contribution in [2.75, 3.05) is 0 Å². The van der Waals surface area contributed by atoms with Crippen molar-refractivity contribution in [1.82, 2.24) is 32.4 Å². The molecule has 2 aromatic carbocycles. The predicted molar refractivity (Wildman–Crippen MR) is 252 cm³/mol. The third-order valence-corrected chi connectivity index (χ3v) is 16.4. The van der Waals surface area contributed by atoms with Crippen molar-refractivity contribution in [2.24, 2.45) is 11.8 Å². The van der Waals surface area contributed by atoms with Crippen LogP contribution in [0.5, 0.6) is 0 Å². The number of aromatic carboxylic acids is 1. The van der Waals surface area contributed by atoms with E-state index in [1.165, 1.54) is 42.9 Å². The number of halogens is 2. The van der Waals surface area contributed by atoms with Crippen molar-refractivity contribution in [2.45, 2.75) is 158 Å². The highest BCUT2D eigenvalue weighted by Gasteiger charge is 2.31. The maximum absolute atomic E-state index is 13.7. The molecule has 3 aliphatic carbocycles. The van der Waals surface area contributed by atoms with Gasteiger partial charge in [-0.2, -0.15) is 0 Å². The van der Waals surface area contributed by atoms with Crippen molar-refractivity contribution in [3.8, 4) is 0 Å². The number of nitrogens with one attached hydrogen (secondary N) is 1. The first-order chi connectivity index (χ1) is 31.5. The van der Waals surface area contributed by atoms with Crippen LogP contribution in [0.2, 0.25) is 0 Å². The van der Waals surface area contributed by atoms with Gasteiger partial charge in [0.15, 0.2) is 0 Å². The van der Waals surface area contributed by atoms with E-state index in [1.807, 2.05) is 6.07 Å². The van der Waals surface area contributed by atoms with Crippen LogP contribution in [0.15, 0.2) is 83.1 Å². The number of carbonyl (C=O) groups excluding carboxylic acids is 1. The number of imidazole rings is 2. The molecule has 4 aromatic heterocycles. The van der Waals surface area contributed by atoms with Gasteiger partial charge in [0, 0.05) is 54.7 Å². The summed E-state index contributed by atoms with van der Waals surface area (Å²) >= 11 is 0. The Balaban J connectivity index is 0.000000182. The molecule has 2 N–H and O–H groups in total. The van der Waals surface area contributed by atoms with Crippen molar-refractivity contribution in [1.29, 1.82) is 0 Å². The molecule has 18 heteroatoms. The maximum Gasteiger partial charge on any atom is 0.337 e. The third kappa shape index (κ3) is 10.4. The highest BCUT2D eigenvalue weighted by Crippen LogP contribution is 2.35. The monoisotopic (exact) mass is 961 g/mol. The fourth-order valence-corrected chi connectivity index (χ4v) is 11.7. The van der Waals surface area contributed by atoms with Crippen LogP contribution in [0.1, 0.15) is 138 Å². The minimum absolute atomic E-state index is 0.0422. The number of benzene rings is 2. The summed E-state index contributed by atoms with van der Waals surface area (Å²) < 4.78 is 86.4. The number of hydrogen-bond donors (Lipinski definition) is 2. The average Bonchev–Trinajstić information content (AvgIpc) is 3.68. The standard InChI is InChI=1S/C26H33FN4O3S.C23H28FN3O4S/c1-26(2,3)25-29-22-14-21(10-11-23(22)31(25)15-17-4-6-19(27)7-5-17)35(33,34)30-13-12-18(16-30)24(32)28-20-8-9-20;1-23(2,3)22-25-19-12-18(32(30,31)26-11-10-16(14-26)21(28)29)8-9-20(19)27(22)13-15-4-6-17(24)7-5-15/h10-14,16-17,19-20H,4-9,15H2,1-3H3,(H,28,32);8-12,14-15,17H,4-7,13H2,1-3H3,(H,28,29). The van der Waals surface area contributed by atoms with Crippen LogP contribution in [-0.4, -0.2) is 79.3 Å². The molecule has 0 atom stereocenters. The molecule has 14 nitrogen and oxygen atoms in total. The van der Waals surface area contributed by atoms with Gasteiger partial charge in [0.2, 0.25) is 0 Å². The SMILES string of the molecule is CC(C)(C)c1nc2cc(S(=O)(=O)n3ccc(C(=O)NC4CC4)c3)ccc2n1CC1CCC(F)CC1.CC(C)(C)c1nc2cc(S(=O)(=O)n3ccc(C(=O)O)c3)ccc2n1CC1CCC(F)CC1. The molecule has 3 fully saturated rings. The molecule has 4 heterocycles. The minimum Gasteiger partial charge on any atom is -0.478 e. The Morgan fingerprint density at radius 1 is 0.627 bits per heavy atom. The number of amides is 1. The van der Waals surface area contributed by atoms with E-state index < -0.39 is 38.4 Å². The van der Waals surface area contributed by atoms with Gasteiger partial charge in [-0.15, -0.1) is 0 Å². The number of aromatic nitrogens is 6. The zero-order valence-corrected chi connectivity index (χ0v) is 40.6. The number of nitrogens with zero attached hydrogens (tertiary/aromatic N) is 6. The van der Waals surface area contributed by atoms with Crippen molar-refractivity contribution in [3.63, 3.8) is 0 Å². The average molecular weight is 962 g/mol. The summed E-state index contributed by atoms with van der Waals surface area (Å²) in [5.74, 6) is 1.04. The Morgan fingerprint density at radius 2 is 1.03 bits per heavy atom. The highest BCUT2D eigenvalue weighted by molar-refractivity contribution is 7.90. The summed E-state index contributed by atoms with van der Waals surface area (Å²) in [6.07, 6.45) is 11.3. The molecule has 360 valence electrons. The number of carboxylic acid groups (broad SMARTS) is 1. The van der Waals surface area contributed by atoms with E-state index in [-0.39, 0.29) is 38.1 Å². The molecular weight excluding hydrogens is 901 g/mol. The van der Waals surface area contributed by atoms with Gasteiger partial charge in [-0.05, 0) is 125 Å². The lowest BCUT2D eigenvalue weighted by atomic mass is 9.87. The second-order valence-corrected chi connectivity index (χ2v) is 24.3. The normalized spacial score (nSPS) is 20.7. The topological polar surface area (TPSA) is 180 Å². The second-order valence-electron chi connectivity index (χ2n) is 20.7. The Morgan fingerprint density at radius 3 is 1.40 bits per heavy atom. The summed E-state index contributed by atoms with van der Waals surface area (Å²) in [5, 5.41) is 12.0. The van der Waals surface area contributed by atoms with Crippen LogP contribution in [0.25, 0.3) is 22.1 Å². The van der Waals surface area contributed by atoms with E-state index in [4.69, 9.17) is 15.1 Å². The summed E-state index contributed by atoms with van der Waals surface area (Å²) in [6.45, 7) is 13.9. The molecule has 0 saturated heterocycles. The quantitative estimate of drug-likeness (QED) is 0.128. The lowest BCUT2D eigenvalue weighted by molar-refractivity contribution is 0.0696. The van der Waals surface area contributed by atoms with Crippen LogP contribution in [0, 0.1) is 11.8 Å². The molecule has 67 heavy (non-hydrogen) atoms. The summed E-state index contributed by atoms with van der Waals surface area (Å²) in [6, 6.07) is 12.8. The van der Waals surface area contributed by atoms with E-state index in [0.717, 1.165) is 88.4 Å². The lowest BCUT2D eigenvalue weighted by Crippen LogP contribution is -2.25. The van der Waals surface area contributed by atoms with Gasteiger partial charge in [0.25, 0.3) is 26.0 Å². The molecule has 9 rings (SSSR count). The molecule has 3 saturated carbocycles. The summed E-state index contributed by atoms with van der Waals surface area (Å²) in [7, 11) is -7.84. The van der Waals surface area contributed by atoms with E-state index >= 15 is 0 Å². The molecule has 0 bridgehead atoms. The fraction of sp³-hybridized carbons (Fsp3) is 0.510. The summed E-state index contributed by atoms with van der Waals surface area (Å²) in [5.41, 5.74) is 2.64. The molecule has 3 aliphatic rings. The first-order valence-electron chi connectivity index (χ1n) is 23.2. The van der Waals surface area contributed by atoms with Gasteiger partial charge in [-0.25, -0.2) is 48.3 Å². The van der Waals surface area contributed by atoms with Crippen LogP contribution >= 0.6 is 0 Å². The third-order valence-electron chi connectivity index (χ3n) is 13.1. The molecular formula is C49H61F2N7O7S2. The van der Waals surface area contributed by atoms with Gasteiger partial charge >= 0.3 is 5.97 Å². The number of carbonyl (C=O) groups is 2. The van der Waals surface area contributed by atoms with Gasteiger partial charge in [0.05, 0.1) is 43.0 Å². The van der Waals surface area contributed by atoms with Crippen LogP contribution < -0.4 is 5.32 Å². The number of alkyl halides is 2. The van der Waals surface area contributed by atoms with Crippen molar-refractivity contribution < 1.29 is 40.3 Å². The molecule has 0 unspecified atom stereocenters. The maximum atomic E-state index is 13.7. The largest absolute Gasteiger partial charge is 0.478 e.